The van der Waals surface area contributed by atoms with E-state index in [1.807, 2.05) is 25.2 Å². The summed E-state index contributed by atoms with van der Waals surface area (Å²) >= 11 is 0. The van der Waals surface area contributed by atoms with Crippen LogP contribution < -0.4 is 5.32 Å². The molecule has 3 aromatic rings. The largest absolute Gasteiger partial charge is 0.379 e. The molecule has 1 aliphatic rings. The van der Waals surface area contributed by atoms with Crippen LogP contribution in [0.15, 0.2) is 42.5 Å². The molecule has 0 spiro atoms. The van der Waals surface area contributed by atoms with E-state index in [0.717, 1.165) is 56.1 Å². The monoisotopic (exact) mass is 409 g/mol. The highest BCUT2D eigenvalue weighted by molar-refractivity contribution is 6.05. The number of aryl methyl sites for hydroxylation is 1. The number of rotatable bonds is 6. The maximum atomic E-state index is 12.5. The Labute approximate surface area is 173 Å². The van der Waals surface area contributed by atoms with Gasteiger partial charge in [-0.2, -0.15) is 0 Å². The van der Waals surface area contributed by atoms with Crippen molar-refractivity contribution in [3.05, 3.63) is 64.0 Å². The molecule has 1 aliphatic heterocycles. The first-order valence-corrected chi connectivity index (χ1v) is 9.82. The van der Waals surface area contributed by atoms with Crippen LogP contribution in [0.2, 0.25) is 0 Å². The van der Waals surface area contributed by atoms with Crippen molar-refractivity contribution in [2.45, 2.75) is 6.42 Å². The van der Waals surface area contributed by atoms with Crippen LogP contribution in [0.4, 0.5) is 11.4 Å². The molecule has 4 rings (SSSR count). The number of nitrogens with zero attached hydrogens (tertiary/aromatic N) is 4. The van der Waals surface area contributed by atoms with Crippen molar-refractivity contribution in [2.24, 2.45) is 7.05 Å². The van der Waals surface area contributed by atoms with Crippen molar-refractivity contribution in [1.29, 1.82) is 0 Å². The summed E-state index contributed by atoms with van der Waals surface area (Å²) in [6.07, 6.45) is 0.834. The average molecular weight is 409 g/mol. The van der Waals surface area contributed by atoms with Gasteiger partial charge in [0.2, 0.25) is 0 Å². The van der Waals surface area contributed by atoms with Gasteiger partial charge in [0.25, 0.3) is 11.6 Å². The minimum absolute atomic E-state index is 0.118. The lowest BCUT2D eigenvalue weighted by atomic mass is 10.2. The lowest BCUT2D eigenvalue weighted by Gasteiger charge is -2.26. The highest BCUT2D eigenvalue weighted by atomic mass is 16.6. The molecule has 9 heteroatoms. The summed E-state index contributed by atoms with van der Waals surface area (Å²) < 4.78 is 7.46. The maximum Gasteiger partial charge on any atom is 0.270 e. The van der Waals surface area contributed by atoms with Gasteiger partial charge in [0.15, 0.2) is 0 Å². The number of carbonyl (C=O) groups excluding carboxylic acids is 1. The van der Waals surface area contributed by atoms with Gasteiger partial charge in [0.1, 0.15) is 5.82 Å². The second kappa shape index (κ2) is 8.60. The number of nitrogens with one attached hydrogen (secondary N) is 1. The third kappa shape index (κ3) is 4.32. The first kappa shape index (κ1) is 20.0. The summed E-state index contributed by atoms with van der Waals surface area (Å²) in [5.74, 6) is 0.583. The van der Waals surface area contributed by atoms with E-state index in [9.17, 15) is 14.9 Å². The number of hydrogen-bond acceptors (Lipinski definition) is 6. The Morgan fingerprint density at radius 2 is 2.03 bits per heavy atom. The lowest BCUT2D eigenvalue weighted by Crippen LogP contribution is -2.37. The second-order valence-corrected chi connectivity index (χ2v) is 7.26. The zero-order valence-electron chi connectivity index (χ0n) is 16.7. The number of nitro benzene ring substituents is 1. The first-order chi connectivity index (χ1) is 14.5. The maximum absolute atomic E-state index is 12.5. The van der Waals surface area contributed by atoms with Crippen molar-refractivity contribution in [1.82, 2.24) is 14.5 Å². The Hall–Kier alpha value is -3.30. The molecular formula is C21H23N5O4. The zero-order valence-corrected chi connectivity index (χ0v) is 16.7. The molecule has 1 saturated heterocycles. The summed E-state index contributed by atoms with van der Waals surface area (Å²) in [7, 11) is 1.99. The third-order valence-electron chi connectivity index (χ3n) is 5.31. The molecule has 0 saturated carbocycles. The van der Waals surface area contributed by atoms with Crippen LogP contribution in [0.1, 0.15) is 16.2 Å². The molecule has 0 unspecified atom stereocenters. The molecule has 1 N–H and O–H groups in total. The third-order valence-corrected chi connectivity index (χ3v) is 5.31. The molecule has 2 aromatic carbocycles. The number of nitro groups is 1. The van der Waals surface area contributed by atoms with Crippen LogP contribution in [0.3, 0.4) is 0 Å². The number of non-ortho nitro benzene ring substituents is 1. The van der Waals surface area contributed by atoms with Crippen molar-refractivity contribution in [2.75, 3.05) is 38.2 Å². The number of anilines is 1. The number of aromatic nitrogens is 2. The average Bonchev–Trinajstić information content (AvgIpc) is 3.08. The van der Waals surface area contributed by atoms with Gasteiger partial charge in [0.05, 0.1) is 29.2 Å². The molecule has 1 aromatic heterocycles. The molecule has 156 valence electrons. The van der Waals surface area contributed by atoms with E-state index < -0.39 is 10.8 Å². The quantitative estimate of drug-likeness (QED) is 0.496. The fourth-order valence-electron chi connectivity index (χ4n) is 3.60. The van der Waals surface area contributed by atoms with Gasteiger partial charge in [-0.1, -0.05) is 6.07 Å². The van der Waals surface area contributed by atoms with Crippen LogP contribution in [-0.4, -0.2) is 58.1 Å². The van der Waals surface area contributed by atoms with Crippen LogP contribution >= 0.6 is 0 Å². The van der Waals surface area contributed by atoms with E-state index in [2.05, 4.69) is 14.8 Å². The lowest BCUT2D eigenvalue weighted by molar-refractivity contribution is -0.384. The van der Waals surface area contributed by atoms with Crippen LogP contribution in [0.25, 0.3) is 11.0 Å². The molecule has 0 atom stereocenters. The summed E-state index contributed by atoms with van der Waals surface area (Å²) in [4.78, 5) is 30.0. The Bertz CT molecular complexity index is 1090. The van der Waals surface area contributed by atoms with E-state index >= 15 is 0 Å². The van der Waals surface area contributed by atoms with Gasteiger partial charge in [-0.25, -0.2) is 4.98 Å². The molecule has 1 fully saturated rings. The number of morpholine rings is 1. The van der Waals surface area contributed by atoms with E-state index in [-0.39, 0.29) is 11.3 Å². The zero-order chi connectivity index (χ0) is 21.1. The summed E-state index contributed by atoms with van der Waals surface area (Å²) in [5.41, 5.74) is 2.49. The summed E-state index contributed by atoms with van der Waals surface area (Å²) in [6, 6.07) is 11.2. The van der Waals surface area contributed by atoms with Crippen molar-refractivity contribution < 1.29 is 14.5 Å². The summed E-state index contributed by atoms with van der Waals surface area (Å²) in [5, 5.41) is 13.7. The van der Waals surface area contributed by atoms with Gasteiger partial charge in [0, 0.05) is 56.5 Å². The summed E-state index contributed by atoms with van der Waals surface area (Å²) in [6.45, 7) is 4.36. The van der Waals surface area contributed by atoms with Crippen molar-refractivity contribution >= 4 is 28.3 Å². The standard InChI is InChI=1S/C21H23N5O4/c1-24-19-6-5-16(22-21(27)15-3-2-4-17(13-15)26(28)29)14-18(19)23-20(24)7-8-25-9-11-30-12-10-25/h2-6,13-14H,7-12H2,1H3,(H,22,27). The Morgan fingerprint density at radius 1 is 1.23 bits per heavy atom. The number of fused-ring (bicyclic) bond motifs is 1. The van der Waals surface area contributed by atoms with Crippen molar-refractivity contribution in [3.8, 4) is 0 Å². The van der Waals surface area contributed by atoms with E-state index in [4.69, 9.17) is 9.72 Å². The predicted molar refractivity (Wildman–Crippen MR) is 113 cm³/mol. The molecule has 0 radical (unpaired) electrons. The SMILES string of the molecule is Cn1c(CCN2CCOCC2)nc2cc(NC(=O)c3cccc([N+](=O)[O-])c3)ccc21. The van der Waals surface area contributed by atoms with Crippen molar-refractivity contribution in [3.63, 3.8) is 0 Å². The van der Waals surface area contributed by atoms with Crippen LogP contribution in [0.5, 0.6) is 0 Å². The van der Waals surface area contributed by atoms with Gasteiger partial charge in [-0.15, -0.1) is 0 Å². The number of amides is 1. The number of benzene rings is 2. The Balaban J connectivity index is 1.48. The number of imidazole rings is 1. The van der Waals surface area contributed by atoms with Gasteiger partial charge < -0.3 is 14.6 Å². The second-order valence-electron chi connectivity index (χ2n) is 7.26. The normalized spacial score (nSPS) is 14.7. The number of ether oxygens (including phenoxy) is 1. The fourth-order valence-corrected chi connectivity index (χ4v) is 3.60. The molecule has 0 aliphatic carbocycles. The predicted octanol–water partition coefficient (Wildman–Crippen LogP) is 2.61. The Morgan fingerprint density at radius 3 is 2.80 bits per heavy atom. The fraction of sp³-hybridized carbons (Fsp3) is 0.333. The molecule has 1 amide bonds. The number of carbonyl (C=O) groups is 1. The van der Waals surface area contributed by atoms with Gasteiger partial charge >= 0.3 is 0 Å². The van der Waals surface area contributed by atoms with Crippen LogP contribution in [0, 0.1) is 10.1 Å². The molecule has 0 bridgehead atoms. The number of hydrogen-bond donors (Lipinski definition) is 1. The van der Waals surface area contributed by atoms with E-state index in [1.165, 1.54) is 18.2 Å². The minimum Gasteiger partial charge on any atom is -0.379 e. The molecule has 9 nitrogen and oxygen atoms in total. The highest BCUT2D eigenvalue weighted by Gasteiger charge is 2.15. The molecule has 30 heavy (non-hydrogen) atoms. The van der Waals surface area contributed by atoms with Gasteiger partial charge in [-0.3, -0.25) is 19.8 Å². The minimum atomic E-state index is -0.519. The Kier molecular flexibility index (Phi) is 5.73. The molecule has 2 heterocycles. The van der Waals surface area contributed by atoms with E-state index in [0.29, 0.717) is 5.69 Å². The highest BCUT2D eigenvalue weighted by Crippen LogP contribution is 2.21. The van der Waals surface area contributed by atoms with E-state index in [1.54, 1.807) is 6.07 Å². The first-order valence-electron chi connectivity index (χ1n) is 9.82. The molecular weight excluding hydrogens is 386 g/mol. The van der Waals surface area contributed by atoms with Gasteiger partial charge in [-0.05, 0) is 24.3 Å². The van der Waals surface area contributed by atoms with Crippen LogP contribution in [-0.2, 0) is 18.2 Å². The topological polar surface area (TPSA) is 103 Å². The smallest absolute Gasteiger partial charge is 0.270 e.